The number of unbranched alkanes of at least 4 members (excludes halogenated alkanes) is 2. The number of carbonyl (C=O) groups is 3. The summed E-state index contributed by atoms with van der Waals surface area (Å²) in [6.45, 7) is 11.5. The molecule has 0 heterocycles. The van der Waals surface area contributed by atoms with Gasteiger partial charge in [-0.05, 0) is 57.2 Å². The van der Waals surface area contributed by atoms with Gasteiger partial charge in [0.15, 0.2) is 0 Å². The smallest absolute Gasteiger partial charge is 0.408 e. The van der Waals surface area contributed by atoms with Crippen LogP contribution < -0.4 is 10.6 Å². The lowest BCUT2D eigenvalue weighted by atomic mass is 9.99. The number of alkyl carbamates (subject to hydrolysis) is 1. The van der Waals surface area contributed by atoms with Crippen molar-refractivity contribution in [3.63, 3.8) is 0 Å². The van der Waals surface area contributed by atoms with Gasteiger partial charge >= 0.3 is 6.09 Å². The van der Waals surface area contributed by atoms with E-state index in [2.05, 4.69) is 23.6 Å². The molecule has 2 atom stereocenters. The lowest BCUT2D eigenvalue weighted by Crippen LogP contribution is -2.52. The van der Waals surface area contributed by atoms with Gasteiger partial charge in [-0.2, -0.15) is 0 Å². The SMILES string of the molecule is C#CN(C(=O)C(CC(C)C)NC(=O)OC(C)(C)C)C(C(=O)NCCCCC)c1ccc(O)cc1. The van der Waals surface area contributed by atoms with Gasteiger partial charge in [-0.15, -0.1) is 0 Å². The number of nitrogens with one attached hydrogen (secondary N) is 2. The Bertz CT molecular complexity index is 853. The molecular formula is C26H39N3O5. The first-order chi connectivity index (χ1) is 15.9. The summed E-state index contributed by atoms with van der Waals surface area (Å²) in [5.74, 6) is -0.954. The Kier molecular flexibility index (Phi) is 11.4. The van der Waals surface area contributed by atoms with Crippen LogP contribution in [0.15, 0.2) is 24.3 Å². The summed E-state index contributed by atoms with van der Waals surface area (Å²) < 4.78 is 5.32. The fraction of sp³-hybridized carbons (Fsp3) is 0.577. The highest BCUT2D eigenvalue weighted by Gasteiger charge is 2.36. The van der Waals surface area contributed by atoms with Crippen molar-refractivity contribution < 1.29 is 24.2 Å². The Balaban J connectivity index is 3.27. The van der Waals surface area contributed by atoms with E-state index in [9.17, 15) is 19.5 Å². The number of carbonyl (C=O) groups excluding carboxylic acids is 3. The largest absolute Gasteiger partial charge is 0.508 e. The van der Waals surface area contributed by atoms with Gasteiger partial charge in [0.2, 0.25) is 5.91 Å². The van der Waals surface area contributed by atoms with E-state index >= 15 is 0 Å². The van der Waals surface area contributed by atoms with Crippen molar-refractivity contribution in [1.29, 1.82) is 0 Å². The van der Waals surface area contributed by atoms with Crippen LogP contribution in [-0.2, 0) is 14.3 Å². The van der Waals surface area contributed by atoms with E-state index in [1.807, 2.05) is 13.8 Å². The molecule has 188 valence electrons. The van der Waals surface area contributed by atoms with Gasteiger partial charge < -0.3 is 20.5 Å². The third-order valence-electron chi connectivity index (χ3n) is 4.87. The van der Waals surface area contributed by atoms with Crippen LogP contribution in [0.1, 0.15) is 78.8 Å². The maximum atomic E-state index is 13.6. The third kappa shape index (κ3) is 9.74. The van der Waals surface area contributed by atoms with Crippen molar-refractivity contribution in [1.82, 2.24) is 15.5 Å². The van der Waals surface area contributed by atoms with Gasteiger partial charge in [0.25, 0.3) is 5.91 Å². The minimum Gasteiger partial charge on any atom is -0.508 e. The summed E-state index contributed by atoms with van der Waals surface area (Å²) in [6.07, 6.45) is 8.05. The molecule has 0 saturated heterocycles. The van der Waals surface area contributed by atoms with Crippen LogP contribution in [0.2, 0.25) is 0 Å². The molecule has 8 nitrogen and oxygen atoms in total. The molecule has 0 bridgehead atoms. The molecule has 1 aromatic carbocycles. The summed E-state index contributed by atoms with van der Waals surface area (Å²) in [4.78, 5) is 40.2. The second-order valence-electron chi connectivity index (χ2n) is 9.66. The monoisotopic (exact) mass is 473 g/mol. The number of hydrogen-bond acceptors (Lipinski definition) is 5. The number of terminal acetylenes is 1. The summed E-state index contributed by atoms with van der Waals surface area (Å²) in [6, 6.07) is 6.16. The molecule has 2 unspecified atom stereocenters. The number of benzene rings is 1. The minimum atomic E-state index is -1.13. The van der Waals surface area contributed by atoms with Crippen molar-refractivity contribution in [3.8, 4) is 18.2 Å². The van der Waals surface area contributed by atoms with Gasteiger partial charge in [0.05, 0.1) is 0 Å². The zero-order valence-electron chi connectivity index (χ0n) is 21.2. The first-order valence-corrected chi connectivity index (χ1v) is 11.7. The predicted molar refractivity (Wildman–Crippen MR) is 132 cm³/mol. The molecule has 0 aromatic heterocycles. The van der Waals surface area contributed by atoms with E-state index in [0.717, 1.165) is 24.2 Å². The topological polar surface area (TPSA) is 108 Å². The molecule has 1 rings (SSSR count). The fourth-order valence-corrected chi connectivity index (χ4v) is 3.33. The number of rotatable bonds is 11. The standard InChI is InChI=1S/C26H39N3O5/c1-8-10-11-16-27-23(31)22(19-12-14-20(30)15-13-19)29(9-2)24(32)21(17-18(3)4)28-25(33)34-26(5,6)7/h2,12-15,18,21-22,30H,8,10-11,16-17H2,1,3-7H3,(H,27,31)(H,28,33). The molecule has 3 N–H and O–H groups in total. The van der Waals surface area contributed by atoms with Crippen molar-refractivity contribution in [2.75, 3.05) is 6.54 Å². The summed E-state index contributed by atoms with van der Waals surface area (Å²) in [5.41, 5.74) is -0.300. The molecule has 0 fully saturated rings. The number of hydrogen-bond donors (Lipinski definition) is 3. The highest BCUT2D eigenvalue weighted by atomic mass is 16.6. The molecule has 34 heavy (non-hydrogen) atoms. The van der Waals surface area contributed by atoms with Crippen LogP contribution in [0.3, 0.4) is 0 Å². The number of phenolic OH excluding ortho intramolecular Hbond substituents is 1. The minimum absolute atomic E-state index is 0.0220. The highest BCUT2D eigenvalue weighted by molar-refractivity contribution is 5.93. The quantitative estimate of drug-likeness (QED) is 0.255. The summed E-state index contributed by atoms with van der Waals surface area (Å²) in [5, 5.41) is 15.1. The van der Waals surface area contributed by atoms with Crippen LogP contribution >= 0.6 is 0 Å². The molecule has 0 aliphatic carbocycles. The molecule has 3 amide bonds. The predicted octanol–water partition coefficient (Wildman–Crippen LogP) is 4.10. The normalized spacial score (nSPS) is 12.9. The molecule has 8 heteroatoms. The highest BCUT2D eigenvalue weighted by Crippen LogP contribution is 2.25. The lowest BCUT2D eigenvalue weighted by molar-refractivity contribution is -0.138. The second-order valence-corrected chi connectivity index (χ2v) is 9.66. The van der Waals surface area contributed by atoms with Crippen molar-refractivity contribution in [3.05, 3.63) is 29.8 Å². The molecule has 0 saturated carbocycles. The van der Waals surface area contributed by atoms with Gasteiger partial charge in [0, 0.05) is 12.6 Å². The maximum absolute atomic E-state index is 13.6. The number of amides is 3. The Labute approximate surface area is 203 Å². The van der Waals surface area contributed by atoms with E-state index < -0.39 is 35.6 Å². The van der Waals surface area contributed by atoms with Gasteiger partial charge in [-0.1, -0.05) is 52.2 Å². The van der Waals surface area contributed by atoms with Crippen molar-refractivity contribution in [2.24, 2.45) is 5.92 Å². The first kappa shape index (κ1) is 28.8. The number of aromatic hydroxyl groups is 1. The van der Waals surface area contributed by atoms with Gasteiger partial charge in [0.1, 0.15) is 23.4 Å². The number of nitrogens with zero attached hydrogens (tertiary/aromatic N) is 1. The van der Waals surface area contributed by atoms with E-state index in [-0.39, 0.29) is 11.7 Å². The lowest BCUT2D eigenvalue weighted by Gasteiger charge is -2.31. The zero-order valence-corrected chi connectivity index (χ0v) is 21.2. The summed E-state index contributed by atoms with van der Waals surface area (Å²) >= 11 is 0. The van der Waals surface area contributed by atoms with E-state index in [0.29, 0.717) is 18.5 Å². The summed E-state index contributed by atoms with van der Waals surface area (Å²) in [7, 11) is 0. The van der Waals surface area contributed by atoms with E-state index in [4.69, 9.17) is 11.2 Å². The molecule has 0 spiro atoms. The van der Waals surface area contributed by atoms with Crippen LogP contribution in [0, 0.1) is 18.4 Å². The first-order valence-electron chi connectivity index (χ1n) is 11.7. The fourth-order valence-electron chi connectivity index (χ4n) is 3.33. The average Bonchev–Trinajstić information content (AvgIpc) is 2.73. The van der Waals surface area contributed by atoms with Crippen LogP contribution in [0.25, 0.3) is 0 Å². The van der Waals surface area contributed by atoms with E-state index in [1.54, 1.807) is 32.9 Å². The second kappa shape index (κ2) is 13.5. The third-order valence-corrected chi connectivity index (χ3v) is 4.87. The Hall–Kier alpha value is -3.21. The Morgan fingerprint density at radius 3 is 2.26 bits per heavy atom. The zero-order chi connectivity index (χ0) is 25.9. The van der Waals surface area contributed by atoms with Gasteiger partial charge in [-0.25, -0.2) is 4.79 Å². The van der Waals surface area contributed by atoms with Crippen LogP contribution in [0.5, 0.6) is 5.75 Å². The Morgan fingerprint density at radius 2 is 1.76 bits per heavy atom. The molecular weight excluding hydrogens is 434 g/mol. The maximum Gasteiger partial charge on any atom is 0.408 e. The average molecular weight is 474 g/mol. The molecule has 1 aromatic rings. The molecule has 0 aliphatic rings. The number of ether oxygens (including phenoxy) is 1. The van der Waals surface area contributed by atoms with Gasteiger partial charge in [-0.3, -0.25) is 14.5 Å². The number of phenols is 1. The van der Waals surface area contributed by atoms with Crippen molar-refractivity contribution in [2.45, 2.75) is 84.9 Å². The van der Waals surface area contributed by atoms with Crippen LogP contribution in [0.4, 0.5) is 4.79 Å². The molecule has 0 radical (unpaired) electrons. The molecule has 0 aliphatic heterocycles. The Morgan fingerprint density at radius 1 is 1.15 bits per heavy atom. The van der Waals surface area contributed by atoms with E-state index in [1.165, 1.54) is 12.1 Å². The van der Waals surface area contributed by atoms with Crippen LogP contribution in [-0.4, -0.2) is 46.1 Å². The van der Waals surface area contributed by atoms with Crippen molar-refractivity contribution >= 4 is 17.9 Å².